The smallest absolute Gasteiger partial charge is 0.0833 e. The van der Waals surface area contributed by atoms with E-state index in [1.807, 2.05) is 0 Å². The average Bonchev–Trinajstić information content (AvgIpc) is 1.83. The minimum atomic E-state index is 0. The van der Waals surface area contributed by atoms with Crippen molar-refractivity contribution in [2.45, 2.75) is 0 Å². The number of aromatic nitrogens is 1. The van der Waals surface area contributed by atoms with Crippen molar-refractivity contribution in [2.24, 2.45) is 0 Å². The molecule has 0 fully saturated rings. The molecule has 10 heavy (non-hydrogen) atoms. The van der Waals surface area contributed by atoms with Gasteiger partial charge in [-0.25, -0.2) is 0 Å². The van der Waals surface area contributed by atoms with Gasteiger partial charge in [-0.1, -0.05) is 23.2 Å². The van der Waals surface area contributed by atoms with Gasteiger partial charge < -0.3 is 5.73 Å². The molecule has 0 aliphatic rings. The Hall–Kier alpha value is 1.17. The molecule has 0 spiro atoms. The Morgan fingerprint density at radius 3 is 1.90 bits per heavy atom. The summed E-state index contributed by atoms with van der Waals surface area (Å²) in [6.07, 6.45) is 2.89. The van der Waals surface area contributed by atoms with E-state index in [4.69, 9.17) is 28.9 Å². The maximum atomic E-state index is 5.54. The summed E-state index contributed by atoms with van der Waals surface area (Å²) in [4.78, 5) is 3.70. The molecular weight excluding hydrogens is 198 g/mol. The fourth-order valence-electron chi connectivity index (χ4n) is 0.421. The molecule has 0 aliphatic heterocycles. The predicted octanol–water partition coefficient (Wildman–Crippen LogP) is 1.59. The topological polar surface area (TPSA) is 38.9 Å². The van der Waals surface area contributed by atoms with Crippen LogP contribution in [0.1, 0.15) is 0 Å². The van der Waals surface area contributed by atoms with Crippen LogP contribution in [0.5, 0.6) is 0 Å². The molecule has 1 aromatic rings. The number of hydrogen-bond acceptors (Lipinski definition) is 2. The van der Waals surface area contributed by atoms with Gasteiger partial charge in [-0.3, -0.25) is 4.98 Å². The zero-order valence-electron chi connectivity index (χ0n) is 5.44. The van der Waals surface area contributed by atoms with E-state index < -0.39 is 0 Å². The molecule has 1 rings (SSSR count). The fourth-order valence-corrected chi connectivity index (χ4v) is 0.786. The number of halogens is 2. The Morgan fingerprint density at radius 1 is 1.20 bits per heavy atom. The van der Waals surface area contributed by atoms with Crippen molar-refractivity contribution in [1.82, 2.24) is 4.98 Å². The first-order chi connectivity index (χ1) is 4.22. The molecule has 49 valence electrons. The summed E-state index contributed by atoms with van der Waals surface area (Å²) in [6, 6.07) is 0. The summed E-state index contributed by atoms with van der Waals surface area (Å²) in [7, 11) is 0. The third kappa shape index (κ3) is 2.66. The number of nitrogens with two attached hydrogens (primary N) is 1. The van der Waals surface area contributed by atoms with Gasteiger partial charge in [0, 0.05) is 63.8 Å². The van der Waals surface area contributed by atoms with E-state index in [0.29, 0.717) is 15.7 Å². The minimum absolute atomic E-state index is 0. The zero-order valence-corrected chi connectivity index (χ0v) is 10.1. The number of rotatable bonds is 0. The maximum absolute atomic E-state index is 5.54. The van der Waals surface area contributed by atoms with E-state index in [-0.39, 0.29) is 51.4 Å². The summed E-state index contributed by atoms with van der Waals surface area (Å²) in [5, 5.41) is 0.782. The second-order valence-corrected chi connectivity index (χ2v) is 2.33. The van der Waals surface area contributed by atoms with E-state index in [0.717, 1.165) is 0 Å². The van der Waals surface area contributed by atoms with Gasteiger partial charge in [0.2, 0.25) is 0 Å². The van der Waals surface area contributed by atoms with Crippen molar-refractivity contribution >= 4 is 80.3 Å². The molecule has 1 heterocycles. The Morgan fingerprint density at radius 2 is 1.60 bits per heavy atom. The molecule has 1 aromatic heterocycles. The third-order valence-corrected chi connectivity index (χ3v) is 1.49. The molecule has 0 aliphatic carbocycles. The van der Waals surface area contributed by atoms with Gasteiger partial charge in [-0.15, -0.1) is 0 Å². The monoisotopic (exact) mass is 201 g/mol. The van der Waals surface area contributed by atoms with Crippen molar-refractivity contribution in [3.63, 3.8) is 0 Å². The van der Waals surface area contributed by atoms with Crippen LogP contribution in [-0.4, -0.2) is 56.4 Å². The van der Waals surface area contributed by atoms with Crippen LogP contribution in [0.25, 0.3) is 0 Å². The largest absolute Gasteiger partial charge is 0.396 e. The fraction of sp³-hybridized carbons (Fsp3) is 0. The van der Waals surface area contributed by atoms with E-state index >= 15 is 0 Å². The summed E-state index contributed by atoms with van der Waals surface area (Å²) < 4.78 is 0. The summed E-state index contributed by atoms with van der Waals surface area (Å²) >= 11 is 11.1. The molecule has 0 aromatic carbocycles. The van der Waals surface area contributed by atoms with Crippen LogP contribution in [0.15, 0.2) is 12.4 Å². The molecule has 0 unspecified atom stereocenters. The molecule has 0 saturated carbocycles. The SMILES string of the molecule is Nc1c(Cl)cncc1Cl.[K]. The van der Waals surface area contributed by atoms with E-state index in [1.54, 1.807) is 0 Å². The van der Waals surface area contributed by atoms with Crippen LogP contribution >= 0.6 is 23.2 Å². The number of hydrogen-bond donors (Lipinski definition) is 1. The normalized spacial score (nSPS) is 8.60. The van der Waals surface area contributed by atoms with Crippen molar-refractivity contribution in [1.29, 1.82) is 0 Å². The van der Waals surface area contributed by atoms with Crippen LogP contribution in [0.3, 0.4) is 0 Å². The quantitative estimate of drug-likeness (QED) is 0.649. The first-order valence-electron chi connectivity index (χ1n) is 2.26. The van der Waals surface area contributed by atoms with Gasteiger partial charge in [0.1, 0.15) is 0 Å². The first kappa shape index (κ1) is 11.2. The maximum Gasteiger partial charge on any atom is 0.0833 e. The van der Waals surface area contributed by atoms with Crippen LogP contribution in [-0.2, 0) is 0 Å². The van der Waals surface area contributed by atoms with Crippen molar-refractivity contribution in [2.75, 3.05) is 5.73 Å². The molecule has 2 nitrogen and oxygen atoms in total. The Balaban J connectivity index is 0.000000810. The molecule has 0 saturated heterocycles. The van der Waals surface area contributed by atoms with Crippen LogP contribution in [0.2, 0.25) is 10.0 Å². The van der Waals surface area contributed by atoms with Gasteiger partial charge in [-0.2, -0.15) is 0 Å². The Labute approximate surface area is 112 Å². The molecule has 0 atom stereocenters. The Bertz CT molecular complexity index is 209. The summed E-state index contributed by atoms with van der Waals surface area (Å²) in [6.45, 7) is 0. The summed E-state index contributed by atoms with van der Waals surface area (Å²) in [5.74, 6) is 0. The van der Waals surface area contributed by atoms with E-state index in [9.17, 15) is 0 Å². The van der Waals surface area contributed by atoms with Crippen molar-refractivity contribution < 1.29 is 0 Å². The van der Waals surface area contributed by atoms with Gasteiger partial charge in [0.05, 0.1) is 15.7 Å². The van der Waals surface area contributed by atoms with Gasteiger partial charge in [0.25, 0.3) is 0 Å². The predicted molar refractivity (Wildman–Crippen MR) is 44.4 cm³/mol. The van der Waals surface area contributed by atoms with Crippen LogP contribution in [0, 0.1) is 0 Å². The summed E-state index contributed by atoms with van der Waals surface area (Å²) in [5.41, 5.74) is 5.76. The molecule has 5 heteroatoms. The van der Waals surface area contributed by atoms with E-state index in [2.05, 4.69) is 4.98 Å². The Kier molecular flexibility index (Phi) is 5.50. The standard InChI is InChI=1S/C5H4Cl2N2.K/c6-3-1-9-2-4(7)5(3)8;/h1-2H,(H2,8,9);. The molecule has 2 N–H and O–H groups in total. The third-order valence-electron chi connectivity index (χ3n) is 0.890. The van der Waals surface area contributed by atoms with Crippen LogP contribution < -0.4 is 5.73 Å². The van der Waals surface area contributed by atoms with Gasteiger partial charge >= 0.3 is 0 Å². The van der Waals surface area contributed by atoms with Gasteiger partial charge in [-0.05, 0) is 0 Å². The van der Waals surface area contributed by atoms with E-state index in [1.165, 1.54) is 12.4 Å². The second-order valence-electron chi connectivity index (χ2n) is 1.52. The average molecular weight is 202 g/mol. The van der Waals surface area contributed by atoms with Crippen LogP contribution in [0.4, 0.5) is 5.69 Å². The number of nitrogen functional groups attached to an aromatic ring is 1. The second kappa shape index (κ2) is 4.93. The van der Waals surface area contributed by atoms with Gasteiger partial charge in [0.15, 0.2) is 0 Å². The minimum Gasteiger partial charge on any atom is -0.396 e. The molecule has 1 radical (unpaired) electrons. The number of anilines is 1. The molecule has 0 bridgehead atoms. The number of pyridine rings is 1. The molecule has 0 amide bonds. The van der Waals surface area contributed by atoms with Crippen molar-refractivity contribution in [3.05, 3.63) is 22.4 Å². The zero-order chi connectivity index (χ0) is 6.85. The first-order valence-corrected chi connectivity index (χ1v) is 3.02. The van der Waals surface area contributed by atoms with Crippen molar-refractivity contribution in [3.8, 4) is 0 Å². The molecular formula is C5H4Cl2KN2. The number of nitrogens with zero attached hydrogens (tertiary/aromatic N) is 1.